The average molecular weight is 248 g/mol. The predicted molar refractivity (Wildman–Crippen MR) is 74.3 cm³/mol. The van der Waals surface area contributed by atoms with Gasteiger partial charge in [-0.1, -0.05) is 31.2 Å². The van der Waals surface area contributed by atoms with Gasteiger partial charge in [-0.25, -0.2) is 0 Å². The monoisotopic (exact) mass is 248 g/mol. The summed E-state index contributed by atoms with van der Waals surface area (Å²) < 4.78 is 5.19. The highest BCUT2D eigenvalue weighted by molar-refractivity contribution is 5.26. The lowest BCUT2D eigenvalue weighted by molar-refractivity contribution is 0.184. The van der Waals surface area contributed by atoms with Crippen LogP contribution in [0.2, 0.25) is 0 Å². The van der Waals surface area contributed by atoms with Gasteiger partial charge in [-0.2, -0.15) is 0 Å². The van der Waals surface area contributed by atoms with E-state index in [0.29, 0.717) is 19.2 Å². The highest BCUT2D eigenvalue weighted by Crippen LogP contribution is 2.27. The number of methoxy groups -OCH3 is 1. The van der Waals surface area contributed by atoms with E-state index in [2.05, 4.69) is 36.1 Å². The highest BCUT2D eigenvalue weighted by atomic mass is 16.5. The lowest BCUT2D eigenvalue weighted by Crippen LogP contribution is -2.32. The molecule has 2 unspecified atom stereocenters. The van der Waals surface area contributed by atoms with Crippen molar-refractivity contribution in [3.63, 3.8) is 0 Å². The van der Waals surface area contributed by atoms with Crippen molar-refractivity contribution in [3.8, 4) is 0 Å². The molecular formula is C15H24N2O. The van der Waals surface area contributed by atoms with Crippen LogP contribution in [0.5, 0.6) is 0 Å². The summed E-state index contributed by atoms with van der Waals surface area (Å²) in [5, 5.41) is 0. The van der Waals surface area contributed by atoms with E-state index in [1.165, 1.54) is 17.5 Å². The Morgan fingerprint density at radius 3 is 2.94 bits per heavy atom. The Hall–Kier alpha value is -0.900. The molecule has 1 aliphatic heterocycles. The molecule has 3 nitrogen and oxygen atoms in total. The minimum atomic E-state index is 0.353. The van der Waals surface area contributed by atoms with Crippen LogP contribution in [0.3, 0.4) is 0 Å². The van der Waals surface area contributed by atoms with Crippen molar-refractivity contribution in [2.75, 3.05) is 26.7 Å². The van der Waals surface area contributed by atoms with E-state index in [0.717, 1.165) is 19.0 Å². The van der Waals surface area contributed by atoms with Gasteiger partial charge in [0.15, 0.2) is 0 Å². The molecule has 0 spiro atoms. The number of ether oxygens (including phenoxy) is 1. The molecule has 1 aliphatic rings. The third-order valence-corrected chi connectivity index (χ3v) is 3.77. The van der Waals surface area contributed by atoms with Crippen LogP contribution in [0, 0.1) is 5.92 Å². The summed E-state index contributed by atoms with van der Waals surface area (Å²) in [4.78, 5) is 2.51. The minimum Gasteiger partial charge on any atom is -0.380 e. The summed E-state index contributed by atoms with van der Waals surface area (Å²) in [6.45, 7) is 5.99. The normalized spacial score (nSPS) is 22.3. The summed E-state index contributed by atoms with van der Waals surface area (Å²) in [7, 11) is 1.73. The van der Waals surface area contributed by atoms with Gasteiger partial charge in [0.2, 0.25) is 0 Å². The summed E-state index contributed by atoms with van der Waals surface area (Å²) >= 11 is 0. The Bertz CT molecular complexity index is 381. The van der Waals surface area contributed by atoms with Crippen LogP contribution in [-0.2, 0) is 11.3 Å². The van der Waals surface area contributed by atoms with Crippen molar-refractivity contribution in [1.29, 1.82) is 0 Å². The van der Waals surface area contributed by atoms with E-state index in [1.54, 1.807) is 7.11 Å². The zero-order valence-corrected chi connectivity index (χ0v) is 11.4. The van der Waals surface area contributed by atoms with Crippen molar-refractivity contribution >= 4 is 0 Å². The second-order valence-electron chi connectivity index (χ2n) is 5.32. The van der Waals surface area contributed by atoms with E-state index >= 15 is 0 Å². The standard InChI is InChI=1S/C15H24N2O/c1-12-6-7-17(10-12)15(9-16)14-5-3-4-13(8-14)11-18-2/h3-5,8,12,15H,6-7,9-11,16H2,1-2H3. The number of nitrogens with zero attached hydrogens (tertiary/aromatic N) is 1. The number of hydrogen-bond donors (Lipinski definition) is 1. The Morgan fingerprint density at radius 2 is 2.33 bits per heavy atom. The predicted octanol–water partition coefficient (Wildman–Crippen LogP) is 2.17. The van der Waals surface area contributed by atoms with Gasteiger partial charge in [0.05, 0.1) is 6.61 Å². The van der Waals surface area contributed by atoms with Gasteiger partial charge in [0.1, 0.15) is 0 Å². The molecule has 0 radical (unpaired) electrons. The third kappa shape index (κ3) is 3.10. The first-order valence-corrected chi connectivity index (χ1v) is 6.76. The van der Waals surface area contributed by atoms with E-state index in [-0.39, 0.29) is 0 Å². The second kappa shape index (κ2) is 6.32. The number of hydrogen-bond acceptors (Lipinski definition) is 3. The van der Waals surface area contributed by atoms with E-state index in [1.807, 2.05) is 0 Å². The first-order chi connectivity index (χ1) is 8.74. The summed E-state index contributed by atoms with van der Waals surface area (Å²) in [5.74, 6) is 0.793. The topological polar surface area (TPSA) is 38.5 Å². The van der Waals surface area contributed by atoms with Crippen molar-refractivity contribution in [2.45, 2.75) is 26.0 Å². The van der Waals surface area contributed by atoms with Gasteiger partial charge in [-0.3, -0.25) is 4.90 Å². The number of rotatable bonds is 5. The lowest BCUT2D eigenvalue weighted by Gasteiger charge is -2.27. The first-order valence-electron chi connectivity index (χ1n) is 6.76. The molecule has 0 aliphatic carbocycles. The van der Waals surface area contributed by atoms with Crippen LogP contribution in [0.1, 0.15) is 30.5 Å². The number of benzene rings is 1. The molecule has 1 aromatic rings. The zero-order chi connectivity index (χ0) is 13.0. The molecular weight excluding hydrogens is 224 g/mol. The van der Waals surface area contributed by atoms with Crippen LogP contribution < -0.4 is 5.73 Å². The molecule has 0 amide bonds. The van der Waals surface area contributed by atoms with Gasteiger partial charge in [-0.05, 0) is 30.0 Å². The quantitative estimate of drug-likeness (QED) is 0.868. The zero-order valence-electron chi connectivity index (χ0n) is 11.4. The maximum Gasteiger partial charge on any atom is 0.0713 e. The largest absolute Gasteiger partial charge is 0.380 e. The smallest absolute Gasteiger partial charge is 0.0713 e. The molecule has 2 N–H and O–H groups in total. The number of likely N-dealkylation sites (tertiary alicyclic amines) is 1. The van der Waals surface area contributed by atoms with Gasteiger partial charge in [0, 0.05) is 26.2 Å². The maximum absolute atomic E-state index is 5.98. The van der Waals surface area contributed by atoms with Gasteiger partial charge < -0.3 is 10.5 Å². The lowest BCUT2D eigenvalue weighted by atomic mass is 10.0. The fourth-order valence-corrected chi connectivity index (χ4v) is 2.80. The summed E-state index contributed by atoms with van der Waals surface area (Å²) in [6, 6.07) is 8.97. The second-order valence-corrected chi connectivity index (χ2v) is 5.32. The Labute approximate surface area is 110 Å². The van der Waals surface area contributed by atoms with Gasteiger partial charge >= 0.3 is 0 Å². The average Bonchev–Trinajstić information content (AvgIpc) is 2.78. The Balaban J connectivity index is 2.13. The molecule has 1 aromatic carbocycles. The van der Waals surface area contributed by atoms with Crippen LogP contribution >= 0.6 is 0 Å². The van der Waals surface area contributed by atoms with E-state index in [9.17, 15) is 0 Å². The van der Waals surface area contributed by atoms with E-state index in [4.69, 9.17) is 10.5 Å². The number of nitrogens with two attached hydrogens (primary N) is 1. The minimum absolute atomic E-state index is 0.353. The molecule has 0 bridgehead atoms. The summed E-state index contributed by atoms with van der Waals surface area (Å²) in [6.07, 6.45) is 1.29. The molecule has 1 heterocycles. The van der Waals surface area contributed by atoms with Crippen LogP contribution in [-0.4, -0.2) is 31.6 Å². The Kier molecular flexibility index (Phi) is 4.75. The van der Waals surface area contributed by atoms with Crippen LogP contribution in [0.4, 0.5) is 0 Å². The molecule has 18 heavy (non-hydrogen) atoms. The van der Waals surface area contributed by atoms with Crippen molar-refractivity contribution in [1.82, 2.24) is 4.90 Å². The van der Waals surface area contributed by atoms with Crippen molar-refractivity contribution < 1.29 is 4.74 Å². The van der Waals surface area contributed by atoms with Crippen molar-refractivity contribution in [2.24, 2.45) is 11.7 Å². The third-order valence-electron chi connectivity index (χ3n) is 3.77. The van der Waals surface area contributed by atoms with Gasteiger partial charge in [0.25, 0.3) is 0 Å². The fraction of sp³-hybridized carbons (Fsp3) is 0.600. The maximum atomic E-state index is 5.98. The molecule has 0 saturated carbocycles. The highest BCUT2D eigenvalue weighted by Gasteiger charge is 2.26. The summed E-state index contributed by atoms with van der Waals surface area (Å²) in [5.41, 5.74) is 8.52. The van der Waals surface area contributed by atoms with Crippen LogP contribution in [0.25, 0.3) is 0 Å². The fourth-order valence-electron chi connectivity index (χ4n) is 2.80. The van der Waals surface area contributed by atoms with Crippen LogP contribution in [0.15, 0.2) is 24.3 Å². The molecule has 1 saturated heterocycles. The van der Waals surface area contributed by atoms with Gasteiger partial charge in [-0.15, -0.1) is 0 Å². The SMILES string of the molecule is COCc1cccc(C(CN)N2CCC(C)C2)c1. The van der Waals surface area contributed by atoms with Crippen molar-refractivity contribution in [3.05, 3.63) is 35.4 Å². The molecule has 0 aromatic heterocycles. The molecule has 2 atom stereocenters. The Morgan fingerprint density at radius 1 is 1.50 bits per heavy atom. The molecule has 3 heteroatoms. The first kappa shape index (κ1) is 13.5. The molecule has 2 rings (SSSR count). The molecule has 100 valence electrons. The van der Waals surface area contributed by atoms with E-state index < -0.39 is 0 Å². The molecule has 1 fully saturated rings.